The highest BCUT2D eigenvalue weighted by molar-refractivity contribution is 5.56. The zero-order chi connectivity index (χ0) is 11.4. The molecular weight excluding hydrogens is 200 g/mol. The average molecular weight is 214 g/mol. The van der Waals surface area contributed by atoms with Crippen LogP contribution in [0.5, 0.6) is 0 Å². The van der Waals surface area contributed by atoms with Crippen molar-refractivity contribution in [3.8, 4) is 11.4 Å². The standard InChI is InChI=1S/C12H14N4/c1-3-10-8-11(13-2)16-12(15-10)9-4-6-14-7-5-9/h4-8H,3H2,1-2H3,(H,13,15,16). The molecule has 16 heavy (non-hydrogen) atoms. The summed E-state index contributed by atoms with van der Waals surface area (Å²) >= 11 is 0. The van der Waals surface area contributed by atoms with Gasteiger partial charge >= 0.3 is 0 Å². The van der Waals surface area contributed by atoms with Crippen LogP contribution in [0.15, 0.2) is 30.6 Å². The summed E-state index contributed by atoms with van der Waals surface area (Å²) in [7, 11) is 1.86. The van der Waals surface area contributed by atoms with Crippen LogP contribution in [0.25, 0.3) is 11.4 Å². The van der Waals surface area contributed by atoms with Gasteiger partial charge in [0.25, 0.3) is 0 Å². The normalized spacial score (nSPS) is 10.1. The Bertz CT molecular complexity index is 445. The molecule has 2 rings (SSSR count). The summed E-state index contributed by atoms with van der Waals surface area (Å²) in [6.07, 6.45) is 4.39. The maximum absolute atomic E-state index is 4.49. The quantitative estimate of drug-likeness (QED) is 0.850. The smallest absolute Gasteiger partial charge is 0.161 e. The molecule has 82 valence electrons. The topological polar surface area (TPSA) is 50.7 Å². The van der Waals surface area contributed by atoms with Crippen LogP contribution in [-0.4, -0.2) is 22.0 Å². The van der Waals surface area contributed by atoms with Crippen LogP contribution in [0.4, 0.5) is 5.82 Å². The number of rotatable bonds is 3. The Kier molecular flexibility index (Phi) is 3.10. The number of hydrogen-bond donors (Lipinski definition) is 1. The number of anilines is 1. The van der Waals surface area contributed by atoms with Gasteiger partial charge in [0.15, 0.2) is 5.82 Å². The van der Waals surface area contributed by atoms with Crippen molar-refractivity contribution in [3.63, 3.8) is 0 Å². The predicted molar refractivity (Wildman–Crippen MR) is 64.2 cm³/mol. The van der Waals surface area contributed by atoms with Crippen molar-refractivity contribution in [2.24, 2.45) is 0 Å². The lowest BCUT2D eigenvalue weighted by Gasteiger charge is -2.06. The second-order valence-electron chi connectivity index (χ2n) is 3.41. The number of nitrogens with zero attached hydrogens (tertiary/aromatic N) is 3. The molecule has 0 saturated carbocycles. The molecule has 0 spiro atoms. The third-order valence-corrected chi connectivity index (χ3v) is 2.34. The second-order valence-corrected chi connectivity index (χ2v) is 3.41. The van der Waals surface area contributed by atoms with Crippen molar-refractivity contribution in [2.75, 3.05) is 12.4 Å². The molecule has 0 fully saturated rings. The first-order valence-corrected chi connectivity index (χ1v) is 5.29. The van der Waals surface area contributed by atoms with Gasteiger partial charge in [-0.25, -0.2) is 9.97 Å². The van der Waals surface area contributed by atoms with E-state index in [0.29, 0.717) is 0 Å². The minimum absolute atomic E-state index is 0.742. The van der Waals surface area contributed by atoms with E-state index < -0.39 is 0 Å². The molecule has 0 unspecified atom stereocenters. The molecule has 0 radical (unpaired) electrons. The molecule has 2 aromatic heterocycles. The number of aryl methyl sites for hydroxylation is 1. The van der Waals surface area contributed by atoms with E-state index in [1.165, 1.54) is 0 Å². The maximum Gasteiger partial charge on any atom is 0.161 e. The molecule has 0 aliphatic rings. The monoisotopic (exact) mass is 214 g/mol. The Labute approximate surface area is 94.8 Å². The molecule has 0 aliphatic carbocycles. The van der Waals surface area contributed by atoms with Gasteiger partial charge in [-0.1, -0.05) is 6.92 Å². The molecule has 1 N–H and O–H groups in total. The lowest BCUT2D eigenvalue weighted by atomic mass is 10.2. The zero-order valence-corrected chi connectivity index (χ0v) is 9.44. The average Bonchev–Trinajstić information content (AvgIpc) is 2.39. The first kappa shape index (κ1) is 10.5. The number of pyridine rings is 1. The van der Waals surface area contributed by atoms with E-state index in [-0.39, 0.29) is 0 Å². The Balaban J connectivity index is 2.48. The van der Waals surface area contributed by atoms with Crippen molar-refractivity contribution < 1.29 is 0 Å². The van der Waals surface area contributed by atoms with Crippen LogP contribution in [0.3, 0.4) is 0 Å². The minimum atomic E-state index is 0.742. The fourth-order valence-corrected chi connectivity index (χ4v) is 1.44. The van der Waals surface area contributed by atoms with Crippen LogP contribution in [0.1, 0.15) is 12.6 Å². The largest absolute Gasteiger partial charge is 0.373 e. The highest BCUT2D eigenvalue weighted by Crippen LogP contribution is 2.16. The summed E-state index contributed by atoms with van der Waals surface area (Å²) in [6, 6.07) is 5.78. The first-order valence-electron chi connectivity index (χ1n) is 5.29. The fraction of sp³-hybridized carbons (Fsp3) is 0.250. The molecule has 4 heteroatoms. The van der Waals surface area contributed by atoms with Crippen molar-refractivity contribution in [3.05, 3.63) is 36.3 Å². The zero-order valence-electron chi connectivity index (χ0n) is 9.44. The third kappa shape index (κ3) is 2.16. The van der Waals surface area contributed by atoms with E-state index in [2.05, 4.69) is 27.2 Å². The Morgan fingerprint density at radius 3 is 2.56 bits per heavy atom. The summed E-state index contributed by atoms with van der Waals surface area (Å²) in [5.74, 6) is 1.59. The molecule has 0 amide bonds. The van der Waals surface area contributed by atoms with Crippen LogP contribution in [0, 0.1) is 0 Å². The highest BCUT2D eigenvalue weighted by atomic mass is 15.0. The minimum Gasteiger partial charge on any atom is -0.373 e. The lowest BCUT2D eigenvalue weighted by Crippen LogP contribution is -2.00. The summed E-state index contributed by atoms with van der Waals surface area (Å²) in [5.41, 5.74) is 2.02. The van der Waals surface area contributed by atoms with Crippen LogP contribution in [0.2, 0.25) is 0 Å². The third-order valence-electron chi connectivity index (χ3n) is 2.34. The van der Waals surface area contributed by atoms with Crippen LogP contribution >= 0.6 is 0 Å². The van der Waals surface area contributed by atoms with Gasteiger partial charge in [-0.15, -0.1) is 0 Å². The lowest BCUT2D eigenvalue weighted by molar-refractivity contribution is 1.00. The molecule has 4 nitrogen and oxygen atoms in total. The second kappa shape index (κ2) is 4.70. The summed E-state index contributed by atoms with van der Waals surface area (Å²) in [6.45, 7) is 2.08. The van der Waals surface area contributed by atoms with Gasteiger partial charge in [0.1, 0.15) is 5.82 Å². The molecule has 2 aromatic rings. The van der Waals surface area contributed by atoms with Gasteiger partial charge in [-0.3, -0.25) is 4.98 Å². The molecule has 2 heterocycles. The Morgan fingerprint density at radius 2 is 1.94 bits per heavy atom. The van der Waals surface area contributed by atoms with E-state index in [0.717, 1.165) is 29.3 Å². The molecule has 0 aliphatic heterocycles. The van der Waals surface area contributed by atoms with Gasteiger partial charge in [0.05, 0.1) is 0 Å². The van der Waals surface area contributed by atoms with Gasteiger partial charge in [0.2, 0.25) is 0 Å². The number of aromatic nitrogens is 3. The van der Waals surface area contributed by atoms with Gasteiger partial charge in [-0.05, 0) is 18.6 Å². The molecule has 0 aromatic carbocycles. The van der Waals surface area contributed by atoms with Crippen molar-refractivity contribution in [2.45, 2.75) is 13.3 Å². The van der Waals surface area contributed by atoms with E-state index >= 15 is 0 Å². The predicted octanol–water partition coefficient (Wildman–Crippen LogP) is 2.14. The highest BCUT2D eigenvalue weighted by Gasteiger charge is 2.04. The number of nitrogens with one attached hydrogen (secondary N) is 1. The van der Waals surface area contributed by atoms with E-state index in [4.69, 9.17) is 0 Å². The molecular formula is C12H14N4. The molecule has 0 bridgehead atoms. The number of hydrogen-bond acceptors (Lipinski definition) is 4. The summed E-state index contributed by atoms with van der Waals surface area (Å²) < 4.78 is 0. The summed E-state index contributed by atoms with van der Waals surface area (Å²) in [4.78, 5) is 12.9. The van der Waals surface area contributed by atoms with Crippen molar-refractivity contribution in [1.82, 2.24) is 15.0 Å². The Hall–Kier alpha value is -1.97. The Morgan fingerprint density at radius 1 is 1.19 bits per heavy atom. The molecule has 0 saturated heterocycles. The summed E-state index contributed by atoms with van der Waals surface area (Å²) in [5, 5.41) is 3.05. The van der Waals surface area contributed by atoms with Gasteiger partial charge in [0, 0.05) is 36.8 Å². The van der Waals surface area contributed by atoms with Crippen LogP contribution < -0.4 is 5.32 Å². The molecule has 0 atom stereocenters. The van der Waals surface area contributed by atoms with Crippen LogP contribution in [-0.2, 0) is 6.42 Å². The van der Waals surface area contributed by atoms with E-state index in [9.17, 15) is 0 Å². The fourth-order valence-electron chi connectivity index (χ4n) is 1.44. The SMILES string of the molecule is CCc1cc(NC)nc(-c2ccncc2)n1. The first-order chi connectivity index (χ1) is 7.83. The maximum atomic E-state index is 4.49. The van der Waals surface area contributed by atoms with Crippen molar-refractivity contribution in [1.29, 1.82) is 0 Å². The van der Waals surface area contributed by atoms with Gasteiger partial charge in [-0.2, -0.15) is 0 Å². The van der Waals surface area contributed by atoms with E-state index in [1.807, 2.05) is 25.2 Å². The van der Waals surface area contributed by atoms with Crippen molar-refractivity contribution >= 4 is 5.82 Å². The van der Waals surface area contributed by atoms with Gasteiger partial charge < -0.3 is 5.32 Å². The van der Waals surface area contributed by atoms with E-state index in [1.54, 1.807) is 12.4 Å².